The second-order valence-corrected chi connectivity index (χ2v) is 17.2. The van der Waals surface area contributed by atoms with Crippen LogP contribution < -0.4 is 4.90 Å². The van der Waals surface area contributed by atoms with Gasteiger partial charge < -0.3 is 4.90 Å². The number of rotatable bonds is 8. The van der Waals surface area contributed by atoms with Gasteiger partial charge in [0, 0.05) is 37.2 Å². The first-order chi connectivity index (χ1) is 30.1. The zero-order valence-electron chi connectivity index (χ0n) is 34.0. The molecule has 9 aromatic carbocycles. The van der Waals surface area contributed by atoms with Crippen molar-refractivity contribution in [2.24, 2.45) is 0 Å². The Morgan fingerprint density at radius 2 is 0.902 bits per heavy atom. The first-order valence-corrected chi connectivity index (χ1v) is 22.0. The molecule has 10 aromatic rings. The van der Waals surface area contributed by atoms with E-state index in [1.807, 2.05) is 11.3 Å². The van der Waals surface area contributed by atoms with Gasteiger partial charge in [-0.1, -0.05) is 177 Å². The molecular formula is C59H43NS. The summed E-state index contributed by atoms with van der Waals surface area (Å²) in [4.78, 5) is 2.38. The Morgan fingerprint density at radius 1 is 0.393 bits per heavy atom. The quantitative estimate of drug-likeness (QED) is 0.148. The van der Waals surface area contributed by atoms with E-state index in [0.29, 0.717) is 5.92 Å². The molecule has 1 atom stereocenters. The van der Waals surface area contributed by atoms with Crippen molar-refractivity contribution < 1.29 is 0 Å². The second-order valence-electron chi connectivity index (χ2n) is 16.2. The summed E-state index contributed by atoms with van der Waals surface area (Å²) in [7, 11) is 0. The largest absolute Gasteiger partial charge is 0.310 e. The number of hydrogen-bond acceptors (Lipinski definition) is 2. The summed E-state index contributed by atoms with van der Waals surface area (Å²) < 4.78 is 2.60. The molecule has 0 fully saturated rings. The molecule has 0 saturated carbocycles. The Kier molecular flexibility index (Phi) is 9.49. The highest BCUT2D eigenvalue weighted by atomic mass is 32.1. The van der Waals surface area contributed by atoms with E-state index in [4.69, 9.17) is 0 Å². The lowest BCUT2D eigenvalue weighted by Crippen LogP contribution is -2.09. The van der Waals surface area contributed by atoms with Gasteiger partial charge in [-0.15, -0.1) is 11.3 Å². The van der Waals surface area contributed by atoms with Crippen LogP contribution in [0.25, 0.3) is 81.9 Å². The number of hydrogen-bond donors (Lipinski definition) is 0. The van der Waals surface area contributed by atoms with E-state index in [2.05, 4.69) is 236 Å². The van der Waals surface area contributed by atoms with Crippen molar-refractivity contribution in [3.05, 3.63) is 230 Å². The molecule has 0 radical (unpaired) electrons. The Morgan fingerprint density at radius 3 is 1.62 bits per heavy atom. The first kappa shape index (κ1) is 36.8. The molecule has 1 aromatic heterocycles. The predicted octanol–water partition coefficient (Wildman–Crippen LogP) is 17.4. The van der Waals surface area contributed by atoms with E-state index < -0.39 is 0 Å². The third-order valence-corrected chi connectivity index (χ3v) is 13.5. The lowest BCUT2D eigenvalue weighted by molar-refractivity contribution is 0.772. The van der Waals surface area contributed by atoms with Crippen LogP contribution in [0.3, 0.4) is 0 Å². The van der Waals surface area contributed by atoms with Crippen LogP contribution in [0.15, 0.2) is 218 Å². The van der Waals surface area contributed by atoms with Crippen LogP contribution in [-0.4, -0.2) is 0 Å². The molecule has 0 amide bonds. The monoisotopic (exact) mass is 797 g/mol. The summed E-state index contributed by atoms with van der Waals surface area (Å²) in [6.07, 6.45) is 5.70. The summed E-state index contributed by atoms with van der Waals surface area (Å²) >= 11 is 1.86. The maximum Gasteiger partial charge on any atom is 0.0476 e. The predicted molar refractivity (Wildman–Crippen MR) is 263 cm³/mol. The van der Waals surface area contributed by atoms with Gasteiger partial charge in [0.05, 0.1) is 0 Å². The molecule has 1 nitrogen and oxygen atoms in total. The maximum atomic E-state index is 2.38. The number of nitrogens with zero attached hydrogens (tertiary/aromatic N) is 1. The lowest BCUT2D eigenvalue weighted by Gasteiger charge is -2.26. The molecule has 0 aliphatic heterocycles. The Labute approximate surface area is 362 Å². The highest BCUT2D eigenvalue weighted by molar-refractivity contribution is 7.25. The number of anilines is 3. The fourth-order valence-corrected chi connectivity index (χ4v) is 10.2. The average Bonchev–Trinajstić information content (AvgIpc) is 3.70. The molecule has 2 heteroatoms. The van der Waals surface area contributed by atoms with Crippen molar-refractivity contribution in [3.8, 4) is 55.6 Å². The molecule has 0 bridgehead atoms. The van der Waals surface area contributed by atoms with Gasteiger partial charge in [0.25, 0.3) is 0 Å². The first-order valence-electron chi connectivity index (χ1n) is 21.2. The third kappa shape index (κ3) is 7.05. The van der Waals surface area contributed by atoms with Crippen molar-refractivity contribution in [3.63, 3.8) is 0 Å². The van der Waals surface area contributed by atoms with E-state index >= 15 is 0 Å². The second kappa shape index (κ2) is 15.7. The minimum Gasteiger partial charge on any atom is -0.310 e. The molecule has 11 rings (SSSR count). The van der Waals surface area contributed by atoms with Crippen LogP contribution in [-0.2, 0) is 0 Å². The number of allylic oxidation sites excluding steroid dienone is 1. The van der Waals surface area contributed by atoms with Crippen LogP contribution >= 0.6 is 11.3 Å². The van der Waals surface area contributed by atoms with Gasteiger partial charge in [-0.25, -0.2) is 0 Å². The topological polar surface area (TPSA) is 3.24 Å². The van der Waals surface area contributed by atoms with Gasteiger partial charge in [-0.3, -0.25) is 0 Å². The Bertz CT molecular complexity index is 3210. The smallest absolute Gasteiger partial charge is 0.0476 e. The Hall–Kier alpha value is -7.26. The summed E-state index contributed by atoms with van der Waals surface area (Å²) in [6.45, 7) is 2.32. The van der Waals surface area contributed by atoms with Gasteiger partial charge in [-0.05, 0) is 134 Å². The van der Waals surface area contributed by atoms with E-state index in [9.17, 15) is 0 Å². The number of thiophene rings is 1. The number of benzene rings is 9. The SMILES string of the molecule is CC1CC=Cc2cc(-c3cccc(-c4ccc(-c5ccc(N(c6ccc(-c7ccccc7-c7ccccc7)cc6)c6ccc7c(c6)sc6ccccc67)cc5)cc4)c3)ccc21. The minimum atomic E-state index is 0.573. The molecule has 1 aliphatic rings. The van der Waals surface area contributed by atoms with Crippen LogP contribution in [0, 0.1) is 0 Å². The summed E-state index contributed by atoms with van der Waals surface area (Å²) in [6, 6.07) is 77.9. The fraction of sp³-hybridized carbons (Fsp3) is 0.0508. The van der Waals surface area contributed by atoms with Crippen LogP contribution in [0.5, 0.6) is 0 Å². The van der Waals surface area contributed by atoms with Crippen molar-refractivity contribution in [2.45, 2.75) is 19.3 Å². The van der Waals surface area contributed by atoms with Crippen molar-refractivity contribution in [1.29, 1.82) is 0 Å². The zero-order valence-corrected chi connectivity index (χ0v) is 34.8. The van der Waals surface area contributed by atoms with Gasteiger partial charge in [0.2, 0.25) is 0 Å². The van der Waals surface area contributed by atoms with E-state index in [-0.39, 0.29) is 0 Å². The molecule has 1 aliphatic carbocycles. The van der Waals surface area contributed by atoms with Gasteiger partial charge in [0.15, 0.2) is 0 Å². The number of fused-ring (bicyclic) bond motifs is 4. The minimum absolute atomic E-state index is 0.573. The van der Waals surface area contributed by atoms with Gasteiger partial charge in [0.1, 0.15) is 0 Å². The Balaban J connectivity index is 0.910. The van der Waals surface area contributed by atoms with E-state index in [1.165, 1.54) is 86.9 Å². The summed E-state index contributed by atoms with van der Waals surface area (Å²) in [5.74, 6) is 0.573. The molecule has 61 heavy (non-hydrogen) atoms. The standard InChI is InChI=1S/C59H43NS/c1-40-11-9-16-49-38-48(29-35-53(40)49)47-15-10-14-46(37-47)43-23-21-41(22-24-43)42-25-30-50(31-26-42)60(52-34-36-57-56-19-7-8-20-58(56)61-59(57)39-52)51-32-27-45(28-33-51)55-18-6-5-17-54(55)44-12-3-2-4-13-44/h2-10,12-40H,11H2,1H3. The normalized spacial score (nSPS) is 13.4. The molecule has 1 heterocycles. The van der Waals surface area contributed by atoms with Crippen molar-refractivity contribution >= 4 is 54.6 Å². The summed E-state index contributed by atoms with van der Waals surface area (Å²) in [5, 5.41) is 2.61. The molecule has 0 spiro atoms. The molecule has 1 unspecified atom stereocenters. The highest BCUT2D eigenvalue weighted by Crippen LogP contribution is 2.42. The zero-order chi connectivity index (χ0) is 40.7. The van der Waals surface area contributed by atoms with Gasteiger partial charge >= 0.3 is 0 Å². The molecule has 0 saturated heterocycles. The van der Waals surface area contributed by atoms with E-state index in [0.717, 1.165) is 23.5 Å². The van der Waals surface area contributed by atoms with Crippen LogP contribution in [0.4, 0.5) is 17.1 Å². The maximum absolute atomic E-state index is 2.38. The fourth-order valence-electron chi connectivity index (χ4n) is 9.11. The lowest BCUT2D eigenvalue weighted by atomic mass is 9.86. The van der Waals surface area contributed by atoms with Crippen LogP contribution in [0.2, 0.25) is 0 Å². The van der Waals surface area contributed by atoms with Crippen molar-refractivity contribution in [2.75, 3.05) is 4.90 Å². The van der Waals surface area contributed by atoms with E-state index in [1.54, 1.807) is 0 Å². The highest BCUT2D eigenvalue weighted by Gasteiger charge is 2.17. The summed E-state index contributed by atoms with van der Waals surface area (Å²) in [5.41, 5.74) is 18.4. The molecular weight excluding hydrogens is 755 g/mol. The van der Waals surface area contributed by atoms with Crippen molar-refractivity contribution in [1.82, 2.24) is 0 Å². The molecule has 290 valence electrons. The third-order valence-electron chi connectivity index (χ3n) is 12.3. The molecule has 0 N–H and O–H groups in total. The van der Waals surface area contributed by atoms with Crippen LogP contribution in [0.1, 0.15) is 30.4 Å². The average molecular weight is 798 g/mol. The van der Waals surface area contributed by atoms with Gasteiger partial charge in [-0.2, -0.15) is 0 Å².